The van der Waals surface area contributed by atoms with Crippen LogP contribution in [-0.4, -0.2) is 10.1 Å². The maximum absolute atomic E-state index is 11.1. The third-order valence-corrected chi connectivity index (χ3v) is 4.88. The molecule has 3 atom stereocenters. The maximum Gasteiger partial charge on any atom is 0.0924 e. The standard InChI is InChI=1S/C16H21NO/c1-11-4-3-8-16(18,12(11)2)14-5-6-15-13(10-14)7-9-17-15/h5-7,9-12,17-18H,3-4,8H2,1-2H3. The topological polar surface area (TPSA) is 36.0 Å². The van der Waals surface area contributed by atoms with Crippen LogP contribution in [0.5, 0.6) is 0 Å². The van der Waals surface area contributed by atoms with E-state index in [-0.39, 0.29) is 0 Å². The molecule has 1 saturated carbocycles. The van der Waals surface area contributed by atoms with Crippen LogP contribution < -0.4 is 0 Å². The van der Waals surface area contributed by atoms with E-state index in [4.69, 9.17) is 0 Å². The highest BCUT2D eigenvalue weighted by molar-refractivity contribution is 5.80. The van der Waals surface area contributed by atoms with Crippen LogP contribution in [0.15, 0.2) is 30.5 Å². The smallest absolute Gasteiger partial charge is 0.0924 e. The molecule has 3 unspecified atom stereocenters. The Morgan fingerprint density at radius 3 is 2.94 bits per heavy atom. The van der Waals surface area contributed by atoms with Crippen molar-refractivity contribution in [3.8, 4) is 0 Å². The summed E-state index contributed by atoms with van der Waals surface area (Å²) >= 11 is 0. The Bertz CT molecular complexity index is 559. The van der Waals surface area contributed by atoms with Gasteiger partial charge in [-0.25, -0.2) is 0 Å². The molecular formula is C16H21NO. The third-order valence-electron chi connectivity index (χ3n) is 4.88. The summed E-state index contributed by atoms with van der Waals surface area (Å²) in [5, 5.41) is 12.3. The number of aromatic amines is 1. The molecule has 2 aromatic rings. The van der Waals surface area contributed by atoms with Gasteiger partial charge >= 0.3 is 0 Å². The molecule has 2 N–H and O–H groups in total. The van der Waals surface area contributed by atoms with Crippen molar-refractivity contribution in [2.45, 2.75) is 38.7 Å². The first-order valence-electron chi connectivity index (χ1n) is 6.91. The lowest BCUT2D eigenvalue weighted by Gasteiger charge is -2.42. The van der Waals surface area contributed by atoms with E-state index in [2.05, 4.69) is 43.1 Å². The quantitative estimate of drug-likeness (QED) is 0.785. The molecule has 1 fully saturated rings. The monoisotopic (exact) mass is 243 g/mol. The lowest BCUT2D eigenvalue weighted by molar-refractivity contribution is -0.0687. The van der Waals surface area contributed by atoms with E-state index in [1.165, 1.54) is 11.8 Å². The fourth-order valence-corrected chi connectivity index (χ4v) is 3.37. The van der Waals surface area contributed by atoms with E-state index in [1.807, 2.05) is 6.20 Å². The van der Waals surface area contributed by atoms with E-state index < -0.39 is 5.60 Å². The Kier molecular flexibility index (Phi) is 2.70. The molecule has 0 aliphatic heterocycles. The summed E-state index contributed by atoms with van der Waals surface area (Å²) in [6, 6.07) is 8.36. The minimum atomic E-state index is -0.650. The first-order chi connectivity index (χ1) is 8.61. The highest BCUT2D eigenvalue weighted by Gasteiger charge is 2.41. The zero-order valence-electron chi connectivity index (χ0n) is 11.1. The van der Waals surface area contributed by atoms with Gasteiger partial charge in [0.05, 0.1) is 5.60 Å². The second kappa shape index (κ2) is 4.13. The molecule has 1 aromatic heterocycles. The van der Waals surface area contributed by atoms with Crippen molar-refractivity contribution in [3.63, 3.8) is 0 Å². The lowest BCUT2D eigenvalue weighted by Crippen LogP contribution is -2.40. The van der Waals surface area contributed by atoms with Crippen molar-refractivity contribution in [3.05, 3.63) is 36.0 Å². The molecule has 0 saturated heterocycles. The second-order valence-electron chi connectivity index (χ2n) is 5.86. The summed E-state index contributed by atoms with van der Waals surface area (Å²) in [4.78, 5) is 3.20. The van der Waals surface area contributed by atoms with E-state index in [9.17, 15) is 5.11 Å². The molecule has 96 valence electrons. The zero-order chi connectivity index (χ0) is 12.8. The largest absolute Gasteiger partial charge is 0.385 e. The van der Waals surface area contributed by atoms with Gasteiger partial charge in [0, 0.05) is 11.7 Å². The molecule has 2 heteroatoms. The molecule has 1 aliphatic rings. The van der Waals surface area contributed by atoms with Gasteiger partial charge in [0.25, 0.3) is 0 Å². The van der Waals surface area contributed by atoms with Crippen LogP contribution in [0, 0.1) is 11.8 Å². The van der Waals surface area contributed by atoms with Gasteiger partial charge in [0.2, 0.25) is 0 Å². The van der Waals surface area contributed by atoms with Crippen LogP contribution in [0.1, 0.15) is 38.7 Å². The van der Waals surface area contributed by atoms with Gasteiger partial charge in [0.15, 0.2) is 0 Å². The van der Waals surface area contributed by atoms with E-state index in [0.717, 1.165) is 23.9 Å². The molecule has 2 nitrogen and oxygen atoms in total. The van der Waals surface area contributed by atoms with Crippen LogP contribution in [0.3, 0.4) is 0 Å². The Hall–Kier alpha value is -1.28. The summed E-state index contributed by atoms with van der Waals surface area (Å²) in [6.45, 7) is 4.44. The summed E-state index contributed by atoms with van der Waals surface area (Å²) in [7, 11) is 0. The Balaban J connectivity index is 2.05. The van der Waals surface area contributed by atoms with Gasteiger partial charge in [-0.2, -0.15) is 0 Å². The molecule has 0 radical (unpaired) electrons. The minimum absolute atomic E-state index is 0.322. The average molecular weight is 243 g/mol. The predicted octanol–water partition coefficient (Wildman–Crippen LogP) is 3.81. The summed E-state index contributed by atoms with van der Waals surface area (Å²) in [5.74, 6) is 0.910. The minimum Gasteiger partial charge on any atom is -0.385 e. The van der Waals surface area contributed by atoms with Gasteiger partial charge in [-0.15, -0.1) is 0 Å². The molecule has 0 spiro atoms. The van der Waals surface area contributed by atoms with Gasteiger partial charge in [-0.05, 0) is 53.8 Å². The predicted molar refractivity (Wildman–Crippen MR) is 74.4 cm³/mol. The molecule has 1 heterocycles. The number of aliphatic hydroxyl groups is 1. The Labute approximate surface area is 108 Å². The van der Waals surface area contributed by atoms with E-state index in [0.29, 0.717) is 11.8 Å². The fraction of sp³-hybridized carbons (Fsp3) is 0.500. The number of aromatic nitrogens is 1. The van der Waals surface area contributed by atoms with E-state index in [1.54, 1.807) is 0 Å². The number of benzene rings is 1. The van der Waals surface area contributed by atoms with Crippen LogP contribution in [0.4, 0.5) is 0 Å². The van der Waals surface area contributed by atoms with Crippen molar-refractivity contribution in [2.75, 3.05) is 0 Å². The molecule has 1 aliphatic carbocycles. The third kappa shape index (κ3) is 1.67. The van der Waals surface area contributed by atoms with Gasteiger partial charge < -0.3 is 10.1 Å². The Morgan fingerprint density at radius 1 is 1.28 bits per heavy atom. The molecule has 0 amide bonds. The van der Waals surface area contributed by atoms with E-state index >= 15 is 0 Å². The molecule has 0 bridgehead atoms. The first-order valence-corrected chi connectivity index (χ1v) is 6.91. The van der Waals surface area contributed by atoms with Gasteiger partial charge in [0.1, 0.15) is 0 Å². The number of nitrogens with one attached hydrogen (secondary N) is 1. The highest BCUT2D eigenvalue weighted by atomic mass is 16.3. The Morgan fingerprint density at radius 2 is 2.11 bits per heavy atom. The molecule has 1 aromatic carbocycles. The highest BCUT2D eigenvalue weighted by Crippen LogP contribution is 2.44. The van der Waals surface area contributed by atoms with Crippen molar-refractivity contribution < 1.29 is 5.11 Å². The number of H-pyrrole nitrogens is 1. The van der Waals surface area contributed by atoms with Gasteiger partial charge in [-0.3, -0.25) is 0 Å². The first kappa shape index (κ1) is 11.8. The maximum atomic E-state index is 11.1. The van der Waals surface area contributed by atoms with Crippen LogP contribution in [-0.2, 0) is 5.60 Å². The van der Waals surface area contributed by atoms with Crippen molar-refractivity contribution in [1.82, 2.24) is 4.98 Å². The number of hydrogen-bond acceptors (Lipinski definition) is 1. The molecule has 18 heavy (non-hydrogen) atoms. The van der Waals surface area contributed by atoms with Crippen molar-refractivity contribution >= 4 is 10.9 Å². The zero-order valence-corrected chi connectivity index (χ0v) is 11.1. The second-order valence-corrected chi connectivity index (χ2v) is 5.86. The number of fused-ring (bicyclic) bond motifs is 1. The summed E-state index contributed by atoms with van der Waals surface area (Å²) in [5.41, 5.74) is 1.57. The van der Waals surface area contributed by atoms with Crippen LogP contribution in [0.2, 0.25) is 0 Å². The molecular weight excluding hydrogens is 222 g/mol. The number of rotatable bonds is 1. The van der Waals surface area contributed by atoms with Crippen LogP contribution in [0.25, 0.3) is 10.9 Å². The SMILES string of the molecule is CC1CCCC(O)(c2ccc3[nH]ccc3c2)C1C. The number of hydrogen-bond donors (Lipinski definition) is 2. The van der Waals surface area contributed by atoms with Gasteiger partial charge in [-0.1, -0.05) is 26.3 Å². The molecule has 3 rings (SSSR count). The van der Waals surface area contributed by atoms with Crippen LogP contribution >= 0.6 is 0 Å². The summed E-state index contributed by atoms with van der Waals surface area (Å²) < 4.78 is 0. The van der Waals surface area contributed by atoms with Crippen molar-refractivity contribution in [1.29, 1.82) is 0 Å². The van der Waals surface area contributed by atoms with Crippen molar-refractivity contribution in [2.24, 2.45) is 11.8 Å². The summed E-state index contributed by atoms with van der Waals surface area (Å²) in [6.07, 6.45) is 5.18. The normalized spacial score (nSPS) is 32.8. The average Bonchev–Trinajstić information content (AvgIpc) is 2.83. The fourth-order valence-electron chi connectivity index (χ4n) is 3.37. The lowest BCUT2D eigenvalue weighted by atomic mass is 9.67.